The summed E-state index contributed by atoms with van der Waals surface area (Å²) in [5, 5.41) is 13.9. The van der Waals surface area contributed by atoms with E-state index in [0.717, 1.165) is 42.6 Å². The predicted molar refractivity (Wildman–Crippen MR) is 78.6 cm³/mol. The van der Waals surface area contributed by atoms with E-state index in [1.165, 1.54) is 18.5 Å². The zero-order valence-corrected chi connectivity index (χ0v) is 13.3. The number of aryl methyl sites for hydroxylation is 2. The standard InChI is InChI=1S/C14H21BrN4/c1-3-12-14(15)13(19(4-2)17-12)10-18-8-6-5-7-11(18)9-16/h11H,3-8,10H2,1-2H3. The van der Waals surface area contributed by atoms with Crippen molar-refractivity contribution < 1.29 is 0 Å². The van der Waals surface area contributed by atoms with Crippen molar-refractivity contribution in [3.8, 4) is 6.07 Å². The Labute approximate surface area is 123 Å². The largest absolute Gasteiger partial charge is 0.282 e. The highest BCUT2D eigenvalue weighted by Gasteiger charge is 2.25. The SMILES string of the molecule is CCc1nn(CC)c(CN2CCCCC2C#N)c1Br. The highest BCUT2D eigenvalue weighted by atomic mass is 79.9. The fraction of sp³-hybridized carbons (Fsp3) is 0.714. The first kappa shape index (κ1) is 14.5. The zero-order valence-electron chi connectivity index (χ0n) is 11.7. The summed E-state index contributed by atoms with van der Waals surface area (Å²) in [7, 11) is 0. The predicted octanol–water partition coefficient (Wildman–Crippen LogP) is 3.11. The van der Waals surface area contributed by atoms with Gasteiger partial charge in [-0.1, -0.05) is 6.92 Å². The van der Waals surface area contributed by atoms with Gasteiger partial charge in [0.05, 0.1) is 28.0 Å². The van der Waals surface area contributed by atoms with Crippen LogP contribution in [0.3, 0.4) is 0 Å². The van der Waals surface area contributed by atoms with Gasteiger partial charge in [-0.25, -0.2) is 0 Å². The fourth-order valence-corrected chi connectivity index (χ4v) is 3.38. The maximum Gasteiger partial charge on any atom is 0.0981 e. The van der Waals surface area contributed by atoms with Crippen LogP contribution in [0, 0.1) is 11.3 Å². The molecule has 5 heteroatoms. The summed E-state index contributed by atoms with van der Waals surface area (Å²) in [6, 6.07) is 2.49. The average Bonchev–Trinajstić information content (AvgIpc) is 2.76. The molecule has 0 saturated carbocycles. The van der Waals surface area contributed by atoms with Crippen LogP contribution in [-0.2, 0) is 19.5 Å². The first-order valence-corrected chi connectivity index (χ1v) is 7.88. The highest BCUT2D eigenvalue weighted by Crippen LogP contribution is 2.26. The molecule has 0 amide bonds. The Morgan fingerprint density at radius 3 is 2.84 bits per heavy atom. The van der Waals surface area contributed by atoms with Crippen LogP contribution in [0.4, 0.5) is 0 Å². The van der Waals surface area contributed by atoms with E-state index in [1.807, 2.05) is 0 Å². The van der Waals surface area contributed by atoms with Crippen molar-refractivity contribution in [3.05, 3.63) is 15.9 Å². The van der Waals surface area contributed by atoms with Gasteiger partial charge in [-0.2, -0.15) is 10.4 Å². The van der Waals surface area contributed by atoms with Crippen molar-refractivity contribution in [2.75, 3.05) is 6.54 Å². The number of halogens is 1. The van der Waals surface area contributed by atoms with Crippen LogP contribution in [-0.4, -0.2) is 27.3 Å². The van der Waals surface area contributed by atoms with Crippen molar-refractivity contribution in [2.45, 2.75) is 58.7 Å². The van der Waals surface area contributed by atoms with Gasteiger partial charge >= 0.3 is 0 Å². The van der Waals surface area contributed by atoms with E-state index in [4.69, 9.17) is 0 Å². The Morgan fingerprint density at radius 1 is 1.42 bits per heavy atom. The Bertz CT molecular complexity index is 475. The molecule has 2 heterocycles. The third-order valence-electron chi connectivity index (χ3n) is 3.81. The summed E-state index contributed by atoms with van der Waals surface area (Å²) in [5.41, 5.74) is 2.32. The number of piperidine rings is 1. The molecule has 1 aromatic rings. The molecule has 0 spiro atoms. The van der Waals surface area contributed by atoms with Crippen LogP contribution in [0.5, 0.6) is 0 Å². The van der Waals surface area contributed by atoms with Crippen molar-refractivity contribution >= 4 is 15.9 Å². The molecular weight excluding hydrogens is 304 g/mol. The summed E-state index contributed by atoms with van der Waals surface area (Å²) >= 11 is 3.68. The molecular formula is C14H21BrN4. The minimum absolute atomic E-state index is 0.0610. The normalized spacial score (nSPS) is 20.4. The van der Waals surface area contributed by atoms with Crippen LogP contribution in [0.2, 0.25) is 0 Å². The smallest absolute Gasteiger partial charge is 0.0981 e. The molecule has 1 aliphatic rings. The van der Waals surface area contributed by atoms with Crippen LogP contribution in [0.1, 0.15) is 44.5 Å². The van der Waals surface area contributed by atoms with Gasteiger partial charge in [0.25, 0.3) is 0 Å². The number of hydrogen-bond donors (Lipinski definition) is 0. The van der Waals surface area contributed by atoms with Gasteiger partial charge in [-0.3, -0.25) is 9.58 Å². The number of hydrogen-bond acceptors (Lipinski definition) is 3. The minimum Gasteiger partial charge on any atom is -0.282 e. The molecule has 1 saturated heterocycles. The van der Waals surface area contributed by atoms with Gasteiger partial charge in [0.1, 0.15) is 0 Å². The summed E-state index contributed by atoms with van der Waals surface area (Å²) in [5.74, 6) is 0. The maximum atomic E-state index is 9.26. The maximum absolute atomic E-state index is 9.26. The fourth-order valence-electron chi connectivity index (χ4n) is 2.69. The van der Waals surface area contributed by atoms with E-state index < -0.39 is 0 Å². The second-order valence-corrected chi connectivity index (χ2v) is 5.78. The third kappa shape index (κ3) is 3.01. The van der Waals surface area contributed by atoms with E-state index >= 15 is 0 Å². The van der Waals surface area contributed by atoms with E-state index in [0.29, 0.717) is 0 Å². The van der Waals surface area contributed by atoms with Crippen LogP contribution >= 0.6 is 15.9 Å². The first-order chi connectivity index (χ1) is 9.21. The van der Waals surface area contributed by atoms with Gasteiger partial charge in [0.15, 0.2) is 0 Å². The molecule has 1 atom stereocenters. The summed E-state index contributed by atoms with van der Waals surface area (Å²) in [6.45, 7) is 6.94. The van der Waals surface area contributed by atoms with Crippen molar-refractivity contribution in [1.29, 1.82) is 5.26 Å². The van der Waals surface area contributed by atoms with Crippen LogP contribution in [0.25, 0.3) is 0 Å². The monoisotopic (exact) mass is 324 g/mol. The number of rotatable bonds is 4. The topological polar surface area (TPSA) is 44.9 Å². The van der Waals surface area contributed by atoms with Crippen molar-refractivity contribution in [3.63, 3.8) is 0 Å². The molecule has 1 fully saturated rings. The number of aromatic nitrogens is 2. The van der Waals surface area contributed by atoms with Gasteiger partial charge in [-0.15, -0.1) is 0 Å². The summed E-state index contributed by atoms with van der Waals surface area (Å²) in [4.78, 5) is 2.29. The molecule has 4 nitrogen and oxygen atoms in total. The van der Waals surface area contributed by atoms with Crippen molar-refractivity contribution in [1.82, 2.24) is 14.7 Å². The lowest BCUT2D eigenvalue weighted by Gasteiger charge is -2.31. The molecule has 1 unspecified atom stereocenters. The second-order valence-electron chi connectivity index (χ2n) is 4.99. The quantitative estimate of drug-likeness (QED) is 0.854. The molecule has 0 N–H and O–H groups in total. The Hall–Kier alpha value is -0.860. The molecule has 19 heavy (non-hydrogen) atoms. The Balaban J connectivity index is 2.22. The molecule has 1 aliphatic heterocycles. The van der Waals surface area contributed by atoms with Crippen LogP contribution < -0.4 is 0 Å². The lowest BCUT2D eigenvalue weighted by molar-refractivity contribution is 0.171. The molecule has 0 aromatic carbocycles. The van der Waals surface area contributed by atoms with E-state index in [-0.39, 0.29) is 6.04 Å². The third-order valence-corrected chi connectivity index (χ3v) is 4.73. The molecule has 0 radical (unpaired) electrons. The molecule has 1 aromatic heterocycles. The van der Waals surface area contributed by atoms with E-state index in [2.05, 4.69) is 50.5 Å². The number of nitrogens with zero attached hydrogens (tertiary/aromatic N) is 4. The van der Waals surface area contributed by atoms with E-state index in [1.54, 1.807) is 0 Å². The van der Waals surface area contributed by atoms with Gasteiger partial charge < -0.3 is 0 Å². The highest BCUT2D eigenvalue weighted by molar-refractivity contribution is 9.10. The van der Waals surface area contributed by atoms with Crippen LogP contribution in [0.15, 0.2) is 4.47 Å². The van der Waals surface area contributed by atoms with Gasteiger partial charge in [-0.05, 0) is 55.1 Å². The van der Waals surface area contributed by atoms with Gasteiger partial charge in [0, 0.05) is 13.1 Å². The number of nitriles is 1. The van der Waals surface area contributed by atoms with Gasteiger partial charge in [0.2, 0.25) is 0 Å². The van der Waals surface area contributed by atoms with Crippen molar-refractivity contribution in [2.24, 2.45) is 0 Å². The zero-order chi connectivity index (χ0) is 13.8. The summed E-state index contributed by atoms with van der Waals surface area (Å²) < 4.78 is 3.19. The summed E-state index contributed by atoms with van der Waals surface area (Å²) in [6.07, 6.45) is 4.29. The Kier molecular flexibility index (Phi) is 5.00. The molecule has 104 valence electrons. The van der Waals surface area contributed by atoms with E-state index in [9.17, 15) is 5.26 Å². The lowest BCUT2D eigenvalue weighted by atomic mass is 10.0. The second kappa shape index (κ2) is 6.53. The number of likely N-dealkylation sites (tertiary alicyclic amines) is 1. The lowest BCUT2D eigenvalue weighted by Crippen LogP contribution is -2.38. The average molecular weight is 325 g/mol. The molecule has 0 aliphatic carbocycles. The molecule has 0 bridgehead atoms. The minimum atomic E-state index is 0.0610. The molecule has 2 rings (SSSR count). The first-order valence-electron chi connectivity index (χ1n) is 7.08. The Morgan fingerprint density at radius 2 is 2.21 bits per heavy atom.